The fourth-order valence-corrected chi connectivity index (χ4v) is 3.69. The van der Waals surface area contributed by atoms with Gasteiger partial charge in [0.15, 0.2) is 11.5 Å². The van der Waals surface area contributed by atoms with Gasteiger partial charge in [-0.25, -0.2) is 4.79 Å². The lowest BCUT2D eigenvalue weighted by atomic mass is 9.91. The largest absolute Gasteiger partial charge is 0.490 e. The van der Waals surface area contributed by atoms with Gasteiger partial charge in [-0.1, -0.05) is 6.07 Å². The van der Waals surface area contributed by atoms with Crippen LogP contribution in [0.2, 0.25) is 0 Å². The van der Waals surface area contributed by atoms with Crippen molar-refractivity contribution in [2.45, 2.75) is 18.9 Å². The van der Waals surface area contributed by atoms with Gasteiger partial charge < -0.3 is 19.7 Å². The normalized spacial score (nSPS) is 19.6. The zero-order valence-corrected chi connectivity index (χ0v) is 18.1. The quantitative estimate of drug-likeness (QED) is 0.416. The Labute approximate surface area is 189 Å². The van der Waals surface area contributed by atoms with Gasteiger partial charge in [-0.15, -0.1) is 0 Å². The molecule has 1 N–H and O–H groups in total. The van der Waals surface area contributed by atoms with Gasteiger partial charge in [0.1, 0.15) is 12.1 Å². The summed E-state index contributed by atoms with van der Waals surface area (Å²) in [5.41, 5.74) is -0.597. The van der Waals surface area contributed by atoms with Crippen molar-refractivity contribution in [3.63, 3.8) is 0 Å². The molecule has 4 rings (SSSR count). The first-order chi connectivity index (χ1) is 15.7. The highest BCUT2D eigenvalue weighted by Crippen LogP contribution is 2.36. The van der Waals surface area contributed by atoms with Crippen molar-refractivity contribution in [2.24, 2.45) is 0 Å². The van der Waals surface area contributed by atoms with E-state index in [1.54, 1.807) is 25.1 Å². The molecule has 2 aliphatic heterocycles. The highest BCUT2D eigenvalue weighted by molar-refractivity contribution is 6.10. The van der Waals surface area contributed by atoms with Gasteiger partial charge in [-0.2, -0.15) is 0 Å². The number of nitro groups is 1. The Morgan fingerprint density at radius 1 is 1.15 bits per heavy atom. The van der Waals surface area contributed by atoms with E-state index < -0.39 is 34.9 Å². The van der Waals surface area contributed by atoms with Crippen LogP contribution >= 0.6 is 0 Å². The third-order valence-corrected chi connectivity index (χ3v) is 5.72. The summed E-state index contributed by atoms with van der Waals surface area (Å²) in [4.78, 5) is 51.0. The van der Waals surface area contributed by atoms with Crippen LogP contribution in [0.1, 0.15) is 18.9 Å². The second kappa shape index (κ2) is 8.41. The van der Waals surface area contributed by atoms with Crippen molar-refractivity contribution in [3.8, 4) is 11.5 Å². The third-order valence-electron chi connectivity index (χ3n) is 5.72. The SMILES string of the molecule is CN(C(=O)CN1C(=O)NC(C)(c2ccc3c(c2)OCCCO3)C1=O)c1ccc([N+](=O)[O-])cc1. The summed E-state index contributed by atoms with van der Waals surface area (Å²) < 4.78 is 11.3. The number of non-ortho nitro benzene ring substituents is 1. The number of nitrogens with zero attached hydrogens (tertiary/aromatic N) is 3. The van der Waals surface area contributed by atoms with Gasteiger partial charge in [0.05, 0.1) is 18.1 Å². The maximum atomic E-state index is 13.2. The summed E-state index contributed by atoms with van der Waals surface area (Å²) in [6, 6.07) is 9.72. The molecule has 11 heteroatoms. The Hall–Kier alpha value is -4.15. The standard InChI is InChI=1S/C22H22N4O7/c1-22(14-4-9-17-18(12-14)33-11-3-10-32-17)20(28)25(21(29)23-22)13-19(27)24(2)15-5-7-16(8-6-15)26(30)31/h4-9,12H,3,10-11,13H2,1-2H3,(H,23,29). The number of hydrogen-bond acceptors (Lipinski definition) is 7. The molecule has 4 amide bonds. The zero-order chi connectivity index (χ0) is 23.8. The van der Waals surface area contributed by atoms with Crippen molar-refractivity contribution in [1.29, 1.82) is 0 Å². The summed E-state index contributed by atoms with van der Waals surface area (Å²) in [6.45, 7) is 2.08. The number of hydrogen-bond donors (Lipinski definition) is 1. The van der Waals surface area contributed by atoms with E-state index in [2.05, 4.69) is 5.32 Å². The zero-order valence-electron chi connectivity index (χ0n) is 18.1. The van der Waals surface area contributed by atoms with Gasteiger partial charge in [-0.05, 0) is 36.8 Å². The molecule has 0 bridgehead atoms. The molecule has 2 aliphatic rings. The van der Waals surface area contributed by atoms with Crippen LogP contribution in [0.4, 0.5) is 16.2 Å². The van der Waals surface area contributed by atoms with Gasteiger partial charge >= 0.3 is 6.03 Å². The minimum absolute atomic E-state index is 0.111. The number of likely N-dealkylation sites (N-methyl/N-ethyl adjacent to an activating group) is 1. The molecule has 1 saturated heterocycles. The molecule has 1 unspecified atom stereocenters. The highest BCUT2D eigenvalue weighted by Gasteiger charge is 2.50. The first kappa shape index (κ1) is 22.1. The van der Waals surface area contributed by atoms with Crippen LogP contribution < -0.4 is 19.7 Å². The number of carbonyl (C=O) groups excluding carboxylic acids is 3. The maximum Gasteiger partial charge on any atom is 0.325 e. The number of ether oxygens (including phenoxy) is 2. The topological polar surface area (TPSA) is 131 Å². The van der Waals surface area contributed by atoms with E-state index in [-0.39, 0.29) is 5.69 Å². The summed E-state index contributed by atoms with van der Waals surface area (Å²) in [5.74, 6) is -0.0585. The lowest BCUT2D eigenvalue weighted by molar-refractivity contribution is -0.384. The Kier molecular flexibility index (Phi) is 5.62. The van der Waals surface area contributed by atoms with Crippen LogP contribution in [0.5, 0.6) is 11.5 Å². The highest BCUT2D eigenvalue weighted by atomic mass is 16.6. The van der Waals surface area contributed by atoms with Gasteiger partial charge in [0.25, 0.3) is 11.6 Å². The lowest BCUT2D eigenvalue weighted by Crippen LogP contribution is -2.43. The number of fused-ring (bicyclic) bond motifs is 1. The molecule has 172 valence electrons. The number of anilines is 1. The molecule has 2 aromatic carbocycles. The maximum absolute atomic E-state index is 13.2. The Morgan fingerprint density at radius 2 is 1.82 bits per heavy atom. The summed E-state index contributed by atoms with van der Waals surface area (Å²) in [6.07, 6.45) is 0.731. The van der Waals surface area contributed by atoms with Gasteiger partial charge in [0.2, 0.25) is 5.91 Å². The smallest absolute Gasteiger partial charge is 0.325 e. The fraction of sp³-hybridized carbons (Fsp3) is 0.318. The average Bonchev–Trinajstić information content (AvgIpc) is 2.96. The van der Waals surface area contributed by atoms with E-state index in [9.17, 15) is 24.5 Å². The molecule has 2 aromatic rings. The number of rotatable bonds is 5. The number of amides is 4. The Bertz CT molecular complexity index is 1130. The fourth-order valence-electron chi connectivity index (χ4n) is 3.69. The summed E-state index contributed by atoms with van der Waals surface area (Å²) in [7, 11) is 1.46. The lowest BCUT2D eigenvalue weighted by Gasteiger charge is -2.24. The van der Waals surface area contributed by atoms with Crippen LogP contribution in [0.3, 0.4) is 0 Å². The van der Waals surface area contributed by atoms with Crippen molar-refractivity contribution >= 4 is 29.2 Å². The summed E-state index contributed by atoms with van der Waals surface area (Å²) >= 11 is 0. The number of urea groups is 1. The number of imide groups is 1. The molecule has 0 aromatic heterocycles. The third kappa shape index (κ3) is 4.04. The van der Waals surface area contributed by atoms with Crippen molar-refractivity contribution in [1.82, 2.24) is 10.2 Å². The predicted molar refractivity (Wildman–Crippen MR) is 116 cm³/mol. The Morgan fingerprint density at radius 3 is 2.48 bits per heavy atom. The molecular formula is C22H22N4O7. The first-order valence-corrected chi connectivity index (χ1v) is 10.3. The molecule has 1 fully saturated rings. The van der Waals surface area contributed by atoms with Crippen molar-refractivity contribution in [3.05, 3.63) is 58.1 Å². The van der Waals surface area contributed by atoms with Crippen LogP contribution in [0.15, 0.2) is 42.5 Å². The van der Waals surface area contributed by atoms with Crippen molar-refractivity contribution in [2.75, 3.05) is 31.7 Å². The van der Waals surface area contributed by atoms with Crippen LogP contribution in [0, 0.1) is 10.1 Å². The van der Waals surface area contributed by atoms with Crippen molar-refractivity contribution < 1.29 is 28.8 Å². The molecule has 33 heavy (non-hydrogen) atoms. The van der Waals surface area contributed by atoms with E-state index in [4.69, 9.17) is 9.47 Å². The number of nitrogens with one attached hydrogen (secondary N) is 1. The second-order valence-corrected chi connectivity index (χ2v) is 7.88. The van der Waals surface area contributed by atoms with E-state index >= 15 is 0 Å². The molecule has 0 radical (unpaired) electrons. The van der Waals surface area contributed by atoms with E-state index in [0.29, 0.717) is 36.0 Å². The van der Waals surface area contributed by atoms with E-state index in [1.807, 2.05) is 0 Å². The molecule has 11 nitrogen and oxygen atoms in total. The van der Waals surface area contributed by atoms with Gasteiger partial charge in [0, 0.05) is 31.3 Å². The van der Waals surface area contributed by atoms with Crippen LogP contribution in [-0.2, 0) is 15.1 Å². The molecule has 2 heterocycles. The second-order valence-electron chi connectivity index (χ2n) is 7.88. The average molecular weight is 454 g/mol. The van der Waals surface area contributed by atoms with Gasteiger partial charge in [-0.3, -0.25) is 24.6 Å². The number of benzene rings is 2. The molecule has 0 aliphatic carbocycles. The minimum Gasteiger partial charge on any atom is -0.490 e. The monoisotopic (exact) mass is 454 g/mol. The minimum atomic E-state index is -1.38. The number of nitro benzene ring substituents is 1. The van der Waals surface area contributed by atoms with E-state index in [1.165, 1.54) is 36.2 Å². The molecule has 1 atom stereocenters. The Balaban J connectivity index is 1.51. The molecule has 0 saturated carbocycles. The number of carbonyl (C=O) groups is 3. The van der Waals surface area contributed by atoms with Crippen LogP contribution in [0.25, 0.3) is 0 Å². The molecule has 0 spiro atoms. The first-order valence-electron chi connectivity index (χ1n) is 10.3. The van der Waals surface area contributed by atoms with E-state index in [0.717, 1.165) is 11.3 Å². The summed E-state index contributed by atoms with van der Waals surface area (Å²) in [5, 5.41) is 13.5. The molecular weight excluding hydrogens is 432 g/mol. The predicted octanol–water partition coefficient (Wildman–Crippen LogP) is 2.19. The van der Waals surface area contributed by atoms with Crippen LogP contribution in [-0.4, -0.2) is 54.5 Å².